The minimum atomic E-state index is -3.99. The number of hydrogen-bond acceptors (Lipinski definition) is 4. The summed E-state index contributed by atoms with van der Waals surface area (Å²) in [6.07, 6.45) is 0. The molecule has 0 radical (unpaired) electrons. The molecule has 0 amide bonds. The third-order valence-corrected chi connectivity index (χ3v) is 6.84. The Labute approximate surface area is 195 Å². The molecule has 0 spiro atoms. The Kier molecular flexibility index (Phi) is 7.23. The van der Waals surface area contributed by atoms with E-state index in [1.54, 1.807) is 13.0 Å². The van der Waals surface area contributed by atoms with E-state index in [1.807, 2.05) is 30.3 Å². The van der Waals surface area contributed by atoms with Crippen LogP contribution in [0, 0.1) is 18.8 Å². The zero-order valence-electron chi connectivity index (χ0n) is 17.4. The maximum Gasteiger partial charge on any atom is 0.337 e. The number of halogens is 1. The van der Waals surface area contributed by atoms with Crippen molar-refractivity contribution in [2.24, 2.45) is 0 Å². The average molecular weight is 514 g/mol. The van der Waals surface area contributed by atoms with E-state index in [0.717, 1.165) is 9.87 Å². The van der Waals surface area contributed by atoms with Crippen LogP contribution < -0.4 is 9.04 Å². The van der Waals surface area contributed by atoms with Gasteiger partial charge in [-0.05, 0) is 61.0 Å². The van der Waals surface area contributed by atoms with Gasteiger partial charge in [-0.15, -0.1) is 0 Å². The average Bonchev–Trinajstić information content (AvgIpc) is 2.77. The van der Waals surface area contributed by atoms with Gasteiger partial charge in [0, 0.05) is 17.1 Å². The number of benzene rings is 3. The molecule has 0 saturated heterocycles. The van der Waals surface area contributed by atoms with Crippen molar-refractivity contribution in [1.29, 1.82) is 0 Å². The molecule has 0 bridgehead atoms. The van der Waals surface area contributed by atoms with Crippen LogP contribution in [-0.4, -0.2) is 33.1 Å². The molecule has 0 aliphatic rings. The van der Waals surface area contributed by atoms with Crippen molar-refractivity contribution in [2.45, 2.75) is 11.8 Å². The van der Waals surface area contributed by atoms with Gasteiger partial charge >= 0.3 is 5.97 Å². The van der Waals surface area contributed by atoms with E-state index in [4.69, 9.17) is 4.74 Å². The summed E-state index contributed by atoms with van der Waals surface area (Å²) >= 11 is 3.25. The monoisotopic (exact) mass is 513 g/mol. The highest BCUT2D eigenvalue weighted by Crippen LogP contribution is 2.32. The summed E-state index contributed by atoms with van der Waals surface area (Å²) in [6, 6.07) is 18.5. The van der Waals surface area contributed by atoms with Crippen molar-refractivity contribution in [3.63, 3.8) is 0 Å². The first-order valence-corrected chi connectivity index (χ1v) is 11.7. The van der Waals surface area contributed by atoms with Gasteiger partial charge in [-0.1, -0.05) is 46.0 Å². The van der Waals surface area contributed by atoms with Crippen LogP contribution in [0.3, 0.4) is 0 Å². The predicted molar refractivity (Wildman–Crippen MR) is 127 cm³/mol. The highest BCUT2D eigenvalue weighted by atomic mass is 79.9. The fraction of sp³-hybridized carbons (Fsp3) is 0.125. The van der Waals surface area contributed by atoms with Gasteiger partial charge in [0.05, 0.1) is 16.1 Å². The predicted octanol–water partition coefficient (Wildman–Crippen LogP) is 4.71. The first kappa shape index (κ1) is 23.4. The molecule has 164 valence electrons. The second kappa shape index (κ2) is 9.90. The fourth-order valence-electron chi connectivity index (χ4n) is 3.08. The highest BCUT2D eigenvalue weighted by Gasteiger charge is 2.27. The summed E-state index contributed by atoms with van der Waals surface area (Å²) in [5.41, 5.74) is 1.39. The number of aromatic carboxylic acids is 1. The van der Waals surface area contributed by atoms with E-state index < -0.39 is 16.0 Å². The summed E-state index contributed by atoms with van der Waals surface area (Å²) in [7, 11) is -2.66. The van der Waals surface area contributed by atoms with Gasteiger partial charge in [0.25, 0.3) is 10.0 Å². The molecule has 8 heteroatoms. The molecule has 0 fully saturated rings. The molecule has 32 heavy (non-hydrogen) atoms. The van der Waals surface area contributed by atoms with Gasteiger partial charge in [-0.2, -0.15) is 0 Å². The zero-order valence-corrected chi connectivity index (χ0v) is 19.8. The van der Waals surface area contributed by atoms with E-state index in [2.05, 4.69) is 27.8 Å². The number of ether oxygens (including phenoxy) is 1. The van der Waals surface area contributed by atoms with Gasteiger partial charge in [0.15, 0.2) is 0 Å². The lowest BCUT2D eigenvalue weighted by atomic mass is 10.1. The van der Waals surface area contributed by atoms with Crippen LogP contribution in [0.1, 0.15) is 21.5 Å². The molecule has 1 N–H and O–H groups in total. The number of carbonyl (C=O) groups is 1. The SMILES string of the molecule is Cc1cc(Br)cc(C(=O)O)c1N(C)S(=O)(=O)c1ccc(OCC#Cc2ccccc2)cc1. The summed E-state index contributed by atoms with van der Waals surface area (Å²) < 4.78 is 33.4. The molecule has 0 saturated carbocycles. The van der Waals surface area contributed by atoms with E-state index in [9.17, 15) is 18.3 Å². The molecular weight excluding hydrogens is 494 g/mol. The maximum absolute atomic E-state index is 13.1. The van der Waals surface area contributed by atoms with E-state index >= 15 is 0 Å². The van der Waals surface area contributed by atoms with E-state index in [1.165, 1.54) is 37.4 Å². The topological polar surface area (TPSA) is 83.9 Å². The molecule has 0 atom stereocenters. The van der Waals surface area contributed by atoms with Gasteiger partial charge in [0.2, 0.25) is 0 Å². The molecular formula is C24H20BrNO5S. The number of anilines is 1. The van der Waals surface area contributed by atoms with Crippen LogP contribution in [0.25, 0.3) is 0 Å². The Balaban J connectivity index is 1.78. The number of sulfonamides is 1. The number of rotatable bonds is 6. The summed E-state index contributed by atoms with van der Waals surface area (Å²) in [5, 5.41) is 9.54. The third-order valence-electron chi connectivity index (χ3n) is 4.61. The lowest BCUT2D eigenvalue weighted by Crippen LogP contribution is -2.29. The van der Waals surface area contributed by atoms with E-state index in [-0.39, 0.29) is 22.8 Å². The molecule has 0 aliphatic carbocycles. The zero-order chi connectivity index (χ0) is 23.3. The fourth-order valence-corrected chi connectivity index (χ4v) is 4.93. The molecule has 0 aliphatic heterocycles. The van der Waals surface area contributed by atoms with Crippen LogP contribution in [0.15, 0.2) is 76.1 Å². The molecule has 3 aromatic rings. The third kappa shape index (κ3) is 5.31. The standard InChI is InChI=1S/C24H20BrNO5S/c1-17-15-19(25)16-22(24(27)28)23(17)26(2)32(29,30)21-12-10-20(11-13-21)31-14-6-9-18-7-4-3-5-8-18/h3-5,7-8,10-13,15-16H,14H2,1-2H3,(H,27,28). The van der Waals surface area contributed by atoms with Crippen LogP contribution >= 0.6 is 15.9 Å². The Morgan fingerprint density at radius 1 is 1.09 bits per heavy atom. The summed E-state index contributed by atoms with van der Waals surface area (Å²) in [4.78, 5) is 11.7. The summed E-state index contributed by atoms with van der Waals surface area (Å²) in [5.74, 6) is 5.14. The summed E-state index contributed by atoms with van der Waals surface area (Å²) in [6.45, 7) is 1.81. The van der Waals surface area contributed by atoms with Crippen molar-refractivity contribution in [1.82, 2.24) is 0 Å². The van der Waals surface area contributed by atoms with Crippen molar-refractivity contribution >= 4 is 37.6 Å². The van der Waals surface area contributed by atoms with Crippen molar-refractivity contribution in [2.75, 3.05) is 18.0 Å². The van der Waals surface area contributed by atoms with Crippen molar-refractivity contribution < 1.29 is 23.1 Å². The van der Waals surface area contributed by atoms with E-state index in [0.29, 0.717) is 15.8 Å². The molecule has 0 unspecified atom stereocenters. The first-order valence-electron chi connectivity index (χ1n) is 9.49. The number of nitrogens with zero attached hydrogens (tertiary/aromatic N) is 1. The lowest BCUT2D eigenvalue weighted by molar-refractivity contribution is 0.0697. The molecule has 3 aromatic carbocycles. The van der Waals surface area contributed by atoms with Crippen LogP contribution in [0.5, 0.6) is 5.75 Å². The molecule has 0 heterocycles. The van der Waals surface area contributed by atoms with Gasteiger partial charge in [0.1, 0.15) is 12.4 Å². The minimum absolute atomic E-state index is 0.0152. The smallest absolute Gasteiger partial charge is 0.337 e. The van der Waals surface area contributed by atoms with Crippen LogP contribution in [0.2, 0.25) is 0 Å². The van der Waals surface area contributed by atoms with Gasteiger partial charge in [-0.3, -0.25) is 4.31 Å². The Morgan fingerprint density at radius 3 is 2.38 bits per heavy atom. The molecule has 6 nitrogen and oxygen atoms in total. The largest absolute Gasteiger partial charge is 0.481 e. The Morgan fingerprint density at radius 2 is 1.75 bits per heavy atom. The highest BCUT2D eigenvalue weighted by molar-refractivity contribution is 9.10. The quantitative estimate of drug-likeness (QED) is 0.482. The maximum atomic E-state index is 13.1. The molecule has 0 aromatic heterocycles. The van der Waals surface area contributed by atoms with Crippen LogP contribution in [-0.2, 0) is 10.0 Å². The second-order valence-corrected chi connectivity index (χ2v) is 9.71. The van der Waals surface area contributed by atoms with Crippen molar-refractivity contribution in [3.05, 3.63) is 87.9 Å². The lowest BCUT2D eigenvalue weighted by Gasteiger charge is -2.23. The van der Waals surface area contributed by atoms with Crippen molar-refractivity contribution in [3.8, 4) is 17.6 Å². The Bertz CT molecular complexity index is 1290. The number of hydrogen-bond donors (Lipinski definition) is 1. The first-order chi connectivity index (χ1) is 15.2. The number of aryl methyl sites for hydroxylation is 1. The normalized spacial score (nSPS) is 10.7. The van der Waals surface area contributed by atoms with Crippen LogP contribution in [0.4, 0.5) is 5.69 Å². The second-order valence-electron chi connectivity index (χ2n) is 6.82. The number of carboxylic acid groups (broad SMARTS) is 1. The number of carboxylic acids is 1. The Hall–Kier alpha value is -3.28. The van der Waals surface area contributed by atoms with Gasteiger partial charge < -0.3 is 9.84 Å². The molecule has 3 rings (SSSR count). The van der Waals surface area contributed by atoms with Gasteiger partial charge in [-0.25, -0.2) is 13.2 Å². The minimum Gasteiger partial charge on any atom is -0.481 e.